The van der Waals surface area contributed by atoms with Gasteiger partial charge in [0.25, 0.3) is 5.70 Å². The molecule has 8 nitrogen and oxygen atoms in total. The molecule has 0 aromatic carbocycles. The third-order valence-corrected chi connectivity index (χ3v) is 4.12. The molecule has 16 heavy (non-hydrogen) atoms. The van der Waals surface area contributed by atoms with Gasteiger partial charge in [0.05, 0.1) is 4.92 Å². The summed E-state index contributed by atoms with van der Waals surface area (Å²) in [7, 11) is 0.351. The van der Waals surface area contributed by atoms with Crippen LogP contribution >= 0.6 is 10.7 Å². The van der Waals surface area contributed by atoms with Crippen molar-refractivity contribution in [3.05, 3.63) is 44.2 Å². The van der Waals surface area contributed by atoms with Gasteiger partial charge in [0.2, 0.25) is 0 Å². The van der Waals surface area contributed by atoms with E-state index in [-0.39, 0.29) is 0 Å². The topological polar surface area (TPSA) is 120 Å². The van der Waals surface area contributed by atoms with Crippen LogP contribution in [-0.4, -0.2) is 23.1 Å². The van der Waals surface area contributed by atoms with Crippen LogP contribution < -0.4 is 0 Å². The Balaban J connectivity index is 3.32. The van der Waals surface area contributed by atoms with Gasteiger partial charge in [-0.2, -0.15) is 0 Å². The molecule has 0 aliphatic heterocycles. The lowest BCUT2D eigenvalue weighted by Crippen LogP contribution is -2.43. The van der Waals surface area contributed by atoms with Gasteiger partial charge in [-0.3, -0.25) is 20.2 Å². The molecule has 1 unspecified atom stereocenters. The van der Waals surface area contributed by atoms with Crippen LogP contribution in [0.5, 0.6) is 0 Å². The number of nitro groups is 2. The van der Waals surface area contributed by atoms with Gasteiger partial charge in [-0.05, 0) is 0 Å². The summed E-state index contributed by atoms with van der Waals surface area (Å²) >= 11 is 0. The molecule has 0 spiro atoms. The maximum absolute atomic E-state index is 11.1. The number of nitrogens with zero attached hydrogens (tertiary/aromatic N) is 2. The molecule has 10 heteroatoms. The lowest BCUT2D eigenvalue weighted by Gasteiger charge is -2.18. The van der Waals surface area contributed by atoms with Crippen molar-refractivity contribution < 1.29 is 18.3 Å². The minimum atomic E-state index is -4.61. The smallest absolute Gasteiger partial charge is 0.262 e. The minimum Gasteiger partial charge on any atom is -0.262 e. The minimum absolute atomic E-state index is 0.580. The Kier molecular flexibility index (Phi) is 3.01. The van der Waals surface area contributed by atoms with Crippen molar-refractivity contribution in [3.8, 4) is 0 Å². The highest BCUT2D eigenvalue weighted by Crippen LogP contribution is 2.34. The fourth-order valence-corrected chi connectivity index (χ4v) is 2.42. The summed E-state index contributed by atoms with van der Waals surface area (Å²) in [6.07, 6.45) is 1.76. The van der Waals surface area contributed by atoms with Crippen LogP contribution in [0.3, 0.4) is 0 Å². The molecule has 1 rings (SSSR count). The SMILES string of the molecule is O=[N+]([O-])C1=CC=CC([N+](=O)[O-])(S(=O)(=O)Cl)C1. The second-order valence-corrected chi connectivity index (χ2v) is 5.79. The highest BCUT2D eigenvalue weighted by atomic mass is 35.7. The number of rotatable bonds is 3. The van der Waals surface area contributed by atoms with E-state index in [0.717, 1.165) is 18.2 Å². The van der Waals surface area contributed by atoms with Gasteiger partial charge in [0.15, 0.2) is 0 Å². The molecule has 0 aromatic heterocycles. The zero-order valence-electron chi connectivity index (χ0n) is 7.57. The fourth-order valence-electron chi connectivity index (χ4n) is 1.19. The Labute approximate surface area is 93.9 Å². The van der Waals surface area contributed by atoms with Gasteiger partial charge in [0.1, 0.15) is 6.42 Å². The predicted molar refractivity (Wildman–Crippen MR) is 53.3 cm³/mol. The van der Waals surface area contributed by atoms with E-state index in [1.54, 1.807) is 0 Å². The zero-order chi connectivity index (χ0) is 12.6. The first-order valence-corrected chi connectivity index (χ1v) is 6.13. The van der Waals surface area contributed by atoms with Crippen LogP contribution in [0.2, 0.25) is 0 Å². The summed E-state index contributed by atoms with van der Waals surface area (Å²) in [5.74, 6) is 0. The lowest BCUT2D eigenvalue weighted by molar-refractivity contribution is -0.534. The van der Waals surface area contributed by atoms with Gasteiger partial charge in [0, 0.05) is 27.8 Å². The Hall–Kier alpha value is -1.48. The van der Waals surface area contributed by atoms with E-state index in [4.69, 9.17) is 10.7 Å². The molecular formula is C6H5ClN2O6S. The number of halogens is 1. The van der Waals surface area contributed by atoms with Crippen molar-refractivity contribution in [2.24, 2.45) is 0 Å². The van der Waals surface area contributed by atoms with Gasteiger partial charge in [-0.1, -0.05) is 6.08 Å². The first-order valence-electron chi connectivity index (χ1n) is 3.82. The molecule has 1 aliphatic carbocycles. The largest absolute Gasteiger partial charge is 0.361 e. The second kappa shape index (κ2) is 3.83. The molecule has 0 fully saturated rings. The third kappa shape index (κ3) is 1.91. The van der Waals surface area contributed by atoms with Crippen molar-refractivity contribution in [1.29, 1.82) is 0 Å². The lowest BCUT2D eigenvalue weighted by atomic mass is 10.1. The molecule has 0 saturated carbocycles. The molecule has 0 N–H and O–H groups in total. The van der Waals surface area contributed by atoms with E-state index in [9.17, 15) is 28.6 Å². The molecule has 0 saturated heterocycles. The molecule has 88 valence electrons. The average molecular weight is 269 g/mol. The Morgan fingerprint density at radius 3 is 2.31 bits per heavy atom. The van der Waals surface area contributed by atoms with Crippen LogP contribution in [0.1, 0.15) is 6.42 Å². The summed E-state index contributed by atoms with van der Waals surface area (Å²) in [6.45, 7) is 0. The number of allylic oxidation sites excluding steroid dienone is 2. The van der Waals surface area contributed by atoms with E-state index in [0.29, 0.717) is 0 Å². The summed E-state index contributed by atoms with van der Waals surface area (Å²) in [5.41, 5.74) is -0.580. The van der Waals surface area contributed by atoms with E-state index in [1.165, 1.54) is 0 Å². The van der Waals surface area contributed by atoms with Crippen LogP contribution in [0.4, 0.5) is 0 Å². The van der Waals surface area contributed by atoms with E-state index in [2.05, 4.69) is 0 Å². The molecule has 0 heterocycles. The van der Waals surface area contributed by atoms with Crippen molar-refractivity contribution in [1.82, 2.24) is 0 Å². The summed E-state index contributed by atoms with van der Waals surface area (Å²) in [4.78, 5) is 16.5. The average Bonchev–Trinajstić information content (AvgIpc) is 2.15. The van der Waals surface area contributed by atoms with E-state index >= 15 is 0 Å². The number of hydrogen-bond donors (Lipinski definition) is 0. The van der Waals surface area contributed by atoms with Crippen LogP contribution in [0, 0.1) is 20.2 Å². The maximum Gasteiger partial charge on any atom is 0.361 e. The molecule has 0 amide bonds. The first-order chi connectivity index (χ1) is 7.21. The van der Waals surface area contributed by atoms with Crippen molar-refractivity contribution in [3.63, 3.8) is 0 Å². The maximum atomic E-state index is 11.1. The Bertz CT molecular complexity index is 509. The Morgan fingerprint density at radius 2 is 1.94 bits per heavy atom. The second-order valence-electron chi connectivity index (χ2n) is 2.99. The predicted octanol–water partition coefficient (Wildman–Crippen LogP) is 0.648. The van der Waals surface area contributed by atoms with Gasteiger partial charge < -0.3 is 0 Å². The van der Waals surface area contributed by atoms with Crippen molar-refractivity contribution >= 4 is 19.7 Å². The monoisotopic (exact) mass is 268 g/mol. The first kappa shape index (κ1) is 12.6. The quantitative estimate of drug-likeness (QED) is 0.421. The van der Waals surface area contributed by atoms with E-state index in [1.807, 2.05) is 0 Å². The van der Waals surface area contributed by atoms with Gasteiger partial charge in [-0.15, -0.1) is 0 Å². The molecular weight excluding hydrogens is 264 g/mol. The molecule has 0 radical (unpaired) electrons. The zero-order valence-corrected chi connectivity index (χ0v) is 9.14. The van der Waals surface area contributed by atoms with Gasteiger partial charge in [-0.25, -0.2) is 8.42 Å². The van der Waals surface area contributed by atoms with E-state index < -0.39 is 35.9 Å². The van der Waals surface area contributed by atoms with Crippen LogP contribution in [-0.2, 0) is 9.05 Å². The fraction of sp³-hybridized carbons (Fsp3) is 0.333. The van der Waals surface area contributed by atoms with Crippen molar-refractivity contribution in [2.75, 3.05) is 0 Å². The standard InChI is InChI=1S/C6H5ClN2O6S/c7-16(14,15)6(9(12)13)3-1-2-5(4-6)8(10)11/h1-3H,4H2. The summed E-state index contributed by atoms with van der Waals surface area (Å²) in [5, 5.41) is 21.2. The number of hydrogen-bond acceptors (Lipinski definition) is 6. The van der Waals surface area contributed by atoms with Crippen molar-refractivity contribution in [2.45, 2.75) is 11.3 Å². The highest BCUT2D eigenvalue weighted by Gasteiger charge is 2.56. The molecule has 0 aromatic rings. The highest BCUT2D eigenvalue weighted by molar-refractivity contribution is 8.14. The third-order valence-electron chi connectivity index (χ3n) is 2.05. The van der Waals surface area contributed by atoms with Crippen LogP contribution in [0.15, 0.2) is 23.9 Å². The molecule has 0 bridgehead atoms. The van der Waals surface area contributed by atoms with Crippen LogP contribution in [0.25, 0.3) is 0 Å². The summed E-state index contributed by atoms with van der Waals surface area (Å²) in [6, 6.07) is 0. The molecule has 1 aliphatic rings. The van der Waals surface area contributed by atoms with Gasteiger partial charge >= 0.3 is 13.9 Å². The normalized spacial score (nSPS) is 24.9. The Morgan fingerprint density at radius 1 is 1.38 bits per heavy atom. The molecule has 1 atom stereocenters. The summed E-state index contributed by atoms with van der Waals surface area (Å²) < 4.78 is 22.3.